The van der Waals surface area contributed by atoms with Crippen LogP contribution in [-0.4, -0.2) is 43.5 Å². The van der Waals surface area contributed by atoms with Crippen LogP contribution in [0.4, 0.5) is 0 Å². The van der Waals surface area contributed by atoms with Gasteiger partial charge in [-0.25, -0.2) is 4.79 Å². The van der Waals surface area contributed by atoms with E-state index in [-0.39, 0.29) is 13.2 Å². The molecule has 0 aliphatic carbocycles. The van der Waals surface area contributed by atoms with Crippen molar-refractivity contribution in [3.05, 3.63) is 59.7 Å². The lowest BCUT2D eigenvalue weighted by molar-refractivity contribution is -0.415. The van der Waals surface area contributed by atoms with Crippen LogP contribution in [-0.2, 0) is 14.3 Å². The number of aryl methyl sites for hydroxylation is 2. The molecule has 1 heterocycles. The van der Waals surface area contributed by atoms with E-state index in [0.29, 0.717) is 11.5 Å². The van der Waals surface area contributed by atoms with E-state index < -0.39 is 30.3 Å². The maximum atomic E-state index is 12.2. The molecule has 4 atom stereocenters. The van der Waals surface area contributed by atoms with Crippen molar-refractivity contribution < 1.29 is 29.5 Å². The van der Waals surface area contributed by atoms with Gasteiger partial charge in [0.05, 0.1) is 6.61 Å². The molecular weight excluding hydrogens is 358 g/mol. The van der Waals surface area contributed by atoms with E-state index in [1.54, 1.807) is 6.92 Å². The molecule has 6 heteroatoms. The lowest BCUT2D eigenvalue weighted by Crippen LogP contribution is -2.67. The molecule has 0 spiro atoms. The summed E-state index contributed by atoms with van der Waals surface area (Å²) in [7, 11) is 0. The molecule has 6 nitrogen and oxygen atoms in total. The van der Waals surface area contributed by atoms with Crippen LogP contribution in [0.2, 0.25) is 0 Å². The van der Waals surface area contributed by atoms with E-state index in [4.69, 9.17) is 18.9 Å². The molecule has 1 fully saturated rings. The molecule has 1 aliphatic rings. The predicted molar refractivity (Wildman–Crippen MR) is 104 cm³/mol. The minimum atomic E-state index is -0.583. The summed E-state index contributed by atoms with van der Waals surface area (Å²) in [5.74, 6) is 0.989. The Kier molecular flexibility index (Phi) is 6.54. The average molecular weight is 386 g/mol. The first kappa shape index (κ1) is 20.2. The van der Waals surface area contributed by atoms with Crippen molar-refractivity contribution in [3.63, 3.8) is 0 Å². The Morgan fingerprint density at radius 1 is 0.893 bits per heavy atom. The SMILES string of the molecule is Cc1ccc(O[C@H]2[C@H](C)OC(=O)[C@@H]([NH3+])COC[C@@H]2Oc2ccc(C)cc2)cc1. The van der Waals surface area contributed by atoms with Crippen LogP contribution in [0.3, 0.4) is 0 Å². The first-order chi connectivity index (χ1) is 13.4. The lowest BCUT2D eigenvalue weighted by Gasteiger charge is -2.31. The number of quaternary nitrogens is 1. The van der Waals surface area contributed by atoms with Crippen LogP contribution < -0.4 is 15.2 Å². The molecule has 0 radical (unpaired) electrons. The minimum absolute atomic E-state index is 0.177. The highest BCUT2D eigenvalue weighted by Crippen LogP contribution is 2.23. The van der Waals surface area contributed by atoms with Crippen LogP contribution >= 0.6 is 0 Å². The number of carbonyl (C=O) groups excluding carboxylic acids is 1. The number of cyclic esters (lactones) is 1. The monoisotopic (exact) mass is 386 g/mol. The van der Waals surface area contributed by atoms with E-state index in [0.717, 1.165) is 11.1 Å². The first-order valence-corrected chi connectivity index (χ1v) is 9.50. The largest absolute Gasteiger partial charge is 0.484 e. The summed E-state index contributed by atoms with van der Waals surface area (Å²) in [5.41, 5.74) is 6.09. The summed E-state index contributed by atoms with van der Waals surface area (Å²) < 4.78 is 23.7. The van der Waals surface area contributed by atoms with Gasteiger partial charge in [-0.15, -0.1) is 0 Å². The Morgan fingerprint density at radius 3 is 2.00 bits per heavy atom. The van der Waals surface area contributed by atoms with Crippen LogP contribution in [0.15, 0.2) is 48.5 Å². The van der Waals surface area contributed by atoms with E-state index >= 15 is 0 Å². The summed E-state index contributed by atoms with van der Waals surface area (Å²) in [6.07, 6.45) is -1.54. The summed E-state index contributed by atoms with van der Waals surface area (Å²) >= 11 is 0. The number of esters is 1. The Labute approximate surface area is 165 Å². The van der Waals surface area contributed by atoms with Gasteiger partial charge in [0.15, 0.2) is 12.2 Å². The van der Waals surface area contributed by atoms with Crippen molar-refractivity contribution in [2.75, 3.05) is 13.2 Å². The van der Waals surface area contributed by atoms with Gasteiger partial charge in [0, 0.05) is 0 Å². The zero-order valence-electron chi connectivity index (χ0n) is 16.6. The Bertz CT molecular complexity index is 775. The second kappa shape index (κ2) is 9.08. The molecule has 1 saturated heterocycles. The van der Waals surface area contributed by atoms with Gasteiger partial charge >= 0.3 is 5.97 Å². The van der Waals surface area contributed by atoms with Crippen LogP contribution in [0.1, 0.15) is 18.1 Å². The van der Waals surface area contributed by atoms with Crippen LogP contribution in [0, 0.1) is 13.8 Å². The minimum Gasteiger partial charge on any atom is -0.484 e. The molecule has 150 valence electrons. The van der Waals surface area contributed by atoms with E-state index in [2.05, 4.69) is 5.73 Å². The fraction of sp³-hybridized carbons (Fsp3) is 0.409. The van der Waals surface area contributed by atoms with Gasteiger partial charge in [-0.1, -0.05) is 35.4 Å². The lowest BCUT2D eigenvalue weighted by atomic mass is 10.1. The van der Waals surface area contributed by atoms with Gasteiger partial charge in [0.1, 0.15) is 24.2 Å². The van der Waals surface area contributed by atoms with Crippen molar-refractivity contribution in [2.45, 2.75) is 45.1 Å². The quantitative estimate of drug-likeness (QED) is 0.814. The third kappa shape index (κ3) is 5.24. The predicted octanol–water partition coefficient (Wildman–Crippen LogP) is 2.07. The Hall–Kier alpha value is -2.57. The molecule has 28 heavy (non-hydrogen) atoms. The number of rotatable bonds is 4. The first-order valence-electron chi connectivity index (χ1n) is 9.50. The van der Waals surface area contributed by atoms with Gasteiger partial charge in [0.25, 0.3) is 0 Å². The second-order valence-electron chi connectivity index (χ2n) is 7.24. The maximum absolute atomic E-state index is 12.2. The van der Waals surface area contributed by atoms with Gasteiger partial charge < -0.3 is 24.7 Å². The fourth-order valence-electron chi connectivity index (χ4n) is 2.98. The fourth-order valence-corrected chi connectivity index (χ4v) is 2.98. The molecular formula is C22H28NO5+. The van der Waals surface area contributed by atoms with Gasteiger partial charge in [-0.05, 0) is 45.0 Å². The second-order valence-corrected chi connectivity index (χ2v) is 7.24. The van der Waals surface area contributed by atoms with E-state index in [1.807, 2.05) is 62.4 Å². The van der Waals surface area contributed by atoms with Gasteiger partial charge in [0.2, 0.25) is 6.04 Å². The highest BCUT2D eigenvalue weighted by Gasteiger charge is 2.37. The van der Waals surface area contributed by atoms with Crippen molar-refractivity contribution in [1.29, 1.82) is 0 Å². The van der Waals surface area contributed by atoms with Crippen molar-refractivity contribution >= 4 is 5.97 Å². The van der Waals surface area contributed by atoms with Crippen LogP contribution in [0.25, 0.3) is 0 Å². The number of ether oxygens (including phenoxy) is 4. The van der Waals surface area contributed by atoms with Crippen LogP contribution in [0.5, 0.6) is 11.5 Å². The van der Waals surface area contributed by atoms with Crippen molar-refractivity contribution in [2.24, 2.45) is 0 Å². The zero-order chi connectivity index (χ0) is 20.1. The molecule has 0 unspecified atom stereocenters. The Morgan fingerprint density at radius 2 is 1.43 bits per heavy atom. The standard InChI is InChI=1S/C22H27NO5/c1-14-4-8-17(9-5-14)27-20-13-25-12-19(23)22(24)26-16(3)21(20)28-18-10-6-15(2)7-11-18/h4-11,16,19-21H,12-13,23H2,1-3H3/p+1/t16-,19-,20-,21-/m0/s1. The molecule has 0 bridgehead atoms. The Balaban J connectivity index is 1.86. The third-order valence-corrected chi connectivity index (χ3v) is 4.67. The highest BCUT2D eigenvalue weighted by atomic mass is 16.6. The molecule has 2 aromatic rings. The number of hydrogen-bond donors (Lipinski definition) is 1. The van der Waals surface area contributed by atoms with E-state index in [1.165, 1.54) is 0 Å². The molecule has 1 aliphatic heterocycles. The molecule has 3 N–H and O–H groups in total. The van der Waals surface area contributed by atoms with E-state index in [9.17, 15) is 4.79 Å². The number of hydrogen-bond acceptors (Lipinski definition) is 5. The molecule has 2 aromatic carbocycles. The smallest absolute Gasteiger partial charge is 0.367 e. The topological polar surface area (TPSA) is 81.6 Å². The summed E-state index contributed by atoms with van der Waals surface area (Å²) in [6, 6.07) is 14.9. The van der Waals surface area contributed by atoms with Gasteiger partial charge in [-0.3, -0.25) is 0 Å². The third-order valence-electron chi connectivity index (χ3n) is 4.67. The normalized spacial score (nSPS) is 25.8. The van der Waals surface area contributed by atoms with Crippen molar-refractivity contribution in [1.82, 2.24) is 0 Å². The highest BCUT2D eigenvalue weighted by molar-refractivity contribution is 5.74. The maximum Gasteiger partial charge on any atom is 0.367 e. The number of benzene rings is 2. The zero-order valence-corrected chi connectivity index (χ0v) is 16.6. The summed E-state index contributed by atoms with van der Waals surface area (Å²) in [5, 5.41) is 0. The summed E-state index contributed by atoms with van der Waals surface area (Å²) in [4.78, 5) is 12.2. The van der Waals surface area contributed by atoms with Crippen molar-refractivity contribution in [3.8, 4) is 11.5 Å². The number of carbonyl (C=O) groups is 1. The average Bonchev–Trinajstić information content (AvgIpc) is 2.71. The molecule has 0 saturated carbocycles. The molecule has 0 amide bonds. The summed E-state index contributed by atoms with van der Waals surface area (Å²) in [6.45, 7) is 6.28. The molecule has 3 rings (SSSR count). The van der Waals surface area contributed by atoms with Gasteiger partial charge in [-0.2, -0.15) is 0 Å². The molecule has 0 aromatic heterocycles.